The van der Waals surface area contributed by atoms with Crippen LogP contribution in [0.3, 0.4) is 0 Å². The number of nitrogens with zero attached hydrogens (tertiary/aromatic N) is 1. The molecule has 39 heavy (non-hydrogen) atoms. The topological polar surface area (TPSA) is 69.6 Å². The molecule has 0 spiro atoms. The predicted molar refractivity (Wildman–Crippen MR) is 159 cm³/mol. The van der Waals surface area contributed by atoms with Crippen molar-refractivity contribution in [3.63, 3.8) is 0 Å². The molecule has 0 saturated heterocycles. The maximum atomic E-state index is 13.4. The minimum Gasteiger partial charge on any atom is -0.480 e. The van der Waals surface area contributed by atoms with Gasteiger partial charge < -0.3 is 10.4 Å². The highest BCUT2D eigenvalue weighted by Gasteiger charge is 2.44. The molecule has 0 bridgehead atoms. The third-order valence-electron chi connectivity index (χ3n) is 9.21. The second-order valence-corrected chi connectivity index (χ2v) is 12.4. The Bertz CT molecular complexity index is 1130. The van der Waals surface area contributed by atoms with Gasteiger partial charge in [-0.3, -0.25) is 9.69 Å². The normalized spacial score (nSPS) is 18.1. The molecule has 212 valence electrons. The summed E-state index contributed by atoms with van der Waals surface area (Å²) in [5, 5.41) is 12.4. The van der Waals surface area contributed by atoms with Crippen molar-refractivity contribution in [1.29, 1.82) is 0 Å². The molecule has 2 aromatic carbocycles. The predicted octanol–water partition coefficient (Wildman–Crippen LogP) is 7.75. The van der Waals surface area contributed by atoms with Crippen molar-refractivity contribution < 1.29 is 14.7 Å². The second kappa shape index (κ2) is 13.1. The van der Waals surface area contributed by atoms with E-state index in [-0.39, 0.29) is 11.4 Å². The number of benzene rings is 2. The Balaban J connectivity index is 1.65. The zero-order valence-corrected chi connectivity index (χ0v) is 24.5. The van der Waals surface area contributed by atoms with Crippen molar-refractivity contribution in [2.45, 2.75) is 122 Å². The minimum atomic E-state index is -0.990. The number of nitrogens with one attached hydrogen (secondary N) is 1. The van der Waals surface area contributed by atoms with E-state index in [0.717, 1.165) is 29.2 Å². The Morgan fingerprint density at radius 3 is 2.33 bits per heavy atom. The van der Waals surface area contributed by atoms with Crippen molar-refractivity contribution in [2.75, 3.05) is 0 Å². The fourth-order valence-corrected chi connectivity index (χ4v) is 6.98. The van der Waals surface area contributed by atoms with Gasteiger partial charge in [0.15, 0.2) is 0 Å². The van der Waals surface area contributed by atoms with E-state index in [1.54, 1.807) is 0 Å². The molecule has 1 amide bonds. The van der Waals surface area contributed by atoms with Gasteiger partial charge in [-0.15, -0.1) is 0 Å². The van der Waals surface area contributed by atoms with Gasteiger partial charge in [0.2, 0.25) is 0 Å². The summed E-state index contributed by atoms with van der Waals surface area (Å²) in [5.41, 5.74) is 5.01. The van der Waals surface area contributed by atoms with Crippen LogP contribution in [0.1, 0.15) is 113 Å². The van der Waals surface area contributed by atoms with Gasteiger partial charge in [-0.25, -0.2) is 4.79 Å². The van der Waals surface area contributed by atoms with E-state index >= 15 is 0 Å². The van der Waals surface area contributed by atoms with Gasteiger partial charge in [-0.2, -0.15) is 0 Å². The number of rotatable bonds is 12. The van der Waals surface area contributed by atoms with Crippen LogP contribution in [-0.2, 0) is 11.3 Å². The Labute approximate surface area is 235 Å². The average molecular weight is 533 g/mol. The Morgan fingerprint density at radius 2 is 1.74 bits per heavy atom. The molecule has 0 heterocycles. The molecule has 0 unspecified atom stereocenters. The lowest BCUT2D eigenvalue weighted by atomic mass is 9.67. The molecule has 2 fully saturated rings. The Hall–Kier alpha value is -2.66. The monoisotopic (exact) mass is 532 g/mol. The number of carboxylic acids is 1. The van der Waals surface area contributed by atoms with E-state index < -0.39 is 12.0 Å². The average Bonchev–Trinajstić information content (AvgIpc) is 2.90. The number of hydrogen-bond donors (Lipinski definition) is 2. The van der Waals surface area contributed by atoms with Crippen molar-refractivity contribution >= 4 is 11.9 Å². The summed E-state index contributed by atoms with van der Waals surface area (Å²) in [4.78, 5) is 27.9. The summed E-state index contributed by atoms with van der Waals surface area (Å²) < 4.78 is 0. The first-order valence-electron chi connectivity index (χ1n) is 15.2. The first kappa shape index (κ1) is 29.3. The lowest BCUT2D eigenvalue weighted by Crippen LogP contribution is -2.57. The molecule has 5 heteroatoms. The summed E-state index contributed by atoms with van der Waals surface area (Å²) in [6.07, 6.45) is 13.2. The quantitative estimate of drug-likeness (QED) is 0.293. The van der Waals surface area contributed by atoms with Crippen molar-refractivity contribution in [2.24, 2.45) is 5.92 Å². The number of carbonyl (C=O) groups is 2. The van der Waals surface area contributed by atoms with Crippen LogP contribution in [0.2, 0.25) is 0 Å². The number of hydrogen-bond acceptors (Lipinski definition) is 3. The number of aliphatic carboxylic acids is 1. The fourth-order valence-electron chi connectivity index (χ4n) is 6.98. The molecular formula is C34H48N2O3. The van der Waals surface area contributed by atoms with Crippen LogP contribution in [0, 0.1) is 12.8 Å². The highest BCUT2D eigenvalue weighted by molar-refractivity contribution is 6.02. The van der Waals surface area contributed by atoms with Gasteiger partial charge in [0.05, 0.1) is 0 Å². The standard InChI is InChI=1S/C34H48N2O3/c1-5-12-31(33(38)39)35-32(37)29-18-17-27(21-30(29)28-16-10-9-13-25(28)4)23-36(24(2)3)34(19-11-20-34)22-26-14-7-6-8-15-26/h9-10,13,16-18,21,24,26,31H,5-8,11-12,14-15,19-20,22-23H2,1-4H3,(H,35,37)(H,38,39)/t31-/m0/s1. The van der Waals surface area contributed by atoms with Gasteiger partial charge in [-0.05, 0) is 93.2 Å². The molecule has 2 aromatic rings. The summed E-state index contributed by atoms with van der Waals surface area (Å²) in [6, 6.07) is 13.8. The highest BCUT2D eigenvalue weighted by atomic mass is 16.4. The molecule has 2 aliphatic rings. The fraction of sp³-hybridized carbons (Fsp3) is 0.588. The zero-order valence-electron chi connectivity index (χ0n) is 24.5. The van der Waals surface area contributed by atoms with Gasteiger partial charge in [0, 0.05) is 23.7 Å². The van der Waals surface area contributed by atoms with Crippen molar-refractivity contribution in [3.8, 4) is 11.1 Å². The van der Waals surface area contributed by atoms with Crippen LogP contribution in [0.5, 0.6) is 0 Å². The van der Waals surface area contributed by atoms with Gasteiger partial charge in [-0.1, -0.05) is 75.8 Å². The molecule has 2 aliphatic carbocycles. The summed E-state index contributed by atoms with van der Waals surface area (Å²) >= 11 is 0. The summed E-state index contributed by atoms with van der Waals surface area (Å²) in [7, 11) is 0. The van der Waals surface area contributed by atoms with E-state index in [9.17, 15) is 14.7 Å². The Morgan fingerprint density at radius 1 is 1.03 bits per heavy atom. The number of carboxylic acid groups (broad SMARTS) is 1. The van der Waals surface area contributed by atoms with E-state index in [1.165, 1.54) is 63.4 Å². The van der Waals surface area contributed by atoms with Crippen molar-refractivity contribution in [3.05, 3.63) is 59.2 Å². The van der Waals surface area contributed by atoms with Crippen LogP contribution < -0.4 is 5.32 Å². The number of carbonyl (C=O) groups excluding carboxylic acids is 1. The van der Waals surface area contributed by atoms with Crippen molar-refractivity contribution in [1.82, 2.24) is 10.2 Å². The third kappa shape index (κ3) is 6.92. The molecule has 1 atom stereocenters. The van der Waals surface area contributed by atoms with E-state index in [4.69, 9.17) is 0 Å². The number of aryl methyl sites for hydroxylation is 1. The maximum absolute atomic E-state index is 13.4. The lowest BCUT2D eigenvalue weighted by Gasteiger charge is -2.54. The van der Waals surface area contributed by atoms with Crippen LogP contribution in [0.25, 0.3) is 11.1 Å². The zero-order chi connectivity index (χ0) is 28.0. The number of amides is 1. The van der Waals surface area contributed by atoms with Crippen LogP contribution in [-0.4, -0.2) is 39.5 Å². The smallest absolute Gasteiger partial charge is 0.326 e. The van der Waals surface area contributed by atoms with E-state index in [1.807, 2.05) is 25.1 Å². The van der Waals surface area contributed by atoms with Crippen LogP contribution >= 0.6 is 0 Å². The molecule has 2 saturated carbocycles. The molecule has 0 aliphatic heterocycles. The molecule has 0 aromatic heterocycles. The summed E-state index contributed by atoms with van der Waals surface area (Å²) in [6.45, 7) is 9.50. The van der Waals surface area contributed by atoms with Gasteiger partial charge in [0.25, 0.3) is 5.91 Å². The second-order valence-electron chi connectivity index (χ2n) is 12.4. The third-order valence-corrected chi connectivity index (χ3v) is 9.21. The summed E-state index contributed by atoms with van der Waals surface area (Å²) in [5.74, 6) is -0.469. The molecule has 2 N–H and O–H groups in total. The Kier molecular flexibility index (Phi) is 9.87. The van der Waals surface area contributed by atoms with Crippen LogP contribution in [0.15, 0.2) is 42.5 Å². The maximum Gasteiger partial charge on any atom is 0.326 e. The van der Waals surface area contributed by atoms with E-state index in [0.29, 0.717) is 24.4 Å². The molecular weight excluding hydrogens is 484 g/mol. The first-order valence-corrected chi connectivity index (χ1v) is 15.2. The molecule has 0 radical (unpaired) electrons. The highest BCUT2D eigenvalue weighted by Crippen LogP contribution is 2.47. The van der Waals surface area contributed by atoms with E-state index in [2.05, 4.69) is 55.3 Å². The SMILES string of the molecule is CCC[C@H](NC(=O)c1ccc(CN(C(C)C)C2(CC3CCCCC3)CCC2)cc1-c1ccccc1C)C(=O)O. The first-order chi connectivity index (χ1) is 18.7. The van der Waals surface area contributed by atoms with Gasteiger partial charge >= 0.3 is 5.97 Å². The van der Waals surface area contributed by atoms with Crippen LogP contribution in [0.4, 0.5) is 0 Å². The molecule has 4 rings (SSSR count). The lowest BCUT2D eigenvalue weighted by molar-refractivity contribution is -0.139. The largest absolute Gasteiger partial charge is 0.480 e. The molecule has 5 nitrogen and oxygen atoms in total. The van der Waals surface area contributed by atoms with Gasteiger partial charge in [0.1, 0.15) is 6.04 Å². The minimum absolute atomic E-state index is 0.282.